The van der Waals surface area contributed by atoms with Crippen LogP contribution in [-0.2, 0) is 6.54 Å². The largest absolute Gasteiger partial charge is 0.353 e. The van der Waals surface area contributed by atoms with Crippen LogP contribution in [0.5, 0.6) is 0 Å². The summed E-state index contributed by atoms with van der Waals surface area (Å²) < 4.78 is 5.11. The summed E-state index contributed by atoms with van der Waals surface area (Å²) in [5.74, 6) is 1.98. The minimum Gasteiger partial charge on any atom is -0.353 e. The Morgan fingerprint density at radius 2 is 2.20 bits per heavy atom. The molecule has 3 aromatic rings. The van der Waals surface area contributed by atoms with Crippen LogP contribution in [0.3, 0.4) is 0 Å². The van der Waals surface area contributed by atoms with Gasteiger partial charge in [0.2, 0.25) is 0 Å². The second kappa shape index (κ2) is 5.38. The lowest BCUT2D eigenvalue weighted by Gasteiger charge is -2.16. The van der Waals surface area contributed by atoms with Crippen LogP contribution in [-0.4, -0.2) is 27.2 Å². The Morgan fingerprint density at radius 1 is 1.30 bits per heavy atom. The number of aryl methyl sites for hydroxylation is 1. The van der Waals surface area contributed by atoms with Crippen molar-refractivity contribution in [3.05, 3.63) is 40.7 Å². The van der Waals surface area contributed by atoms with Gasteiger partial charge in [-0.15, -0.1) is 11.3 Å². The smallest absolute Gasteiger partial charge is 0.259 e. The van der Waals surface area contributed by atoms with Gasteiger partial charge in [-0.1, -0.05) is 5.16 Å². The van der Waals surface area contributed by atoms with Crippen LogP contribution >= 0.6 is 11.3 Å². The maximum absolute atomic E-state index is 5.11. The van der Waals surface area contributed by atoms with E-state index in [0.29, 0.717) is 11.7 Å². The van der Waals surface area contributed by atoms with Gasteiger partial charge in [-0.25, -0.2) is 9.97 Å². The van der Waals surface area contributed by atoms with Crippen LogP contribution in [0.4, 0.5) is 5.82 Å². The summed E-state index contributed by atoms with van der Waals surface area (Å²) >= 11 is 1.63. The summed E-state index contributed by atoms with van der Waals surface area (Å²) in [6.07, 6.45) is 3.54. The van der Waals surface area contributed by atoms with Gasteiger partial charge in [-0.3, -0.25) is 0 Å². The third-order valence-corrected chi connectivity index (χ3v) is 3.53. The molecular weight excluding hydrogens is 274 g/mol. The fourth-order valence-electron chi connectivity index (χ4n) is 1.77. The third kappa shape index (κ3) is 2.67. The molecule has 6 nitrogen and oxygen atoms in total. The van der Waals surface area contributed by atoms with Gasteiger partial charge in [0.25, 0.3) is 5.89 Å². The zero-order chi connectivity index (χ0) is 13.9. The molecule has 3 rings (SSSR count). The zero-order valence-corrected chi connectivity index (χ0v) is 12.0. The highest BCUT2D eigenvalue weighted by molar-refractivity contribution is 7.09. The van der Waals surface area contributed by atoms with E-state index in [1.54, 1.807) is 24.5 Å². The van der Waals surface area contributed by atoms with Gasteiger partial charge in [-0.2, -0.15) is 4.98 Å². The summed E-state index contributed by atoms with van der Waals surface area (Å²) in [6, 6.07) is 3.86. The quantitative estimate of drug-likeness (QED) is 0.734. The van der Waals surface area contributed by atoms with Crippen molar-refractivity contribution in [2.24, 2.45) is 0 Å². The monoisotopic (exact) mass is 287 g/mol. The molecule has 0 saturated carbocycles. The van der Waals surface area contributed by atoms with Crippen molar-refractivity contribution in [2.75, 3.05) is 11.9 Å². The first-order valence-corrected chi connectivity index (χ1v) is 6.96. The van der Waals surface area contributed by atoms with Crippen LogP contribution in [0.2, 0.25) is 0 Å². The predicted molar refractivity (Wildman–Crippen MR) is 76.5 cm³/mol. The van der Waals surface area contributed by atoms with Crippen molar-refractivity contribution in [1.82, 2.24) is 20.1 Å². The molecule has 0 aliphatic carbocycles. The highest BCUT2D eigenvalue weighted by Crippen LogP contribution is 2.20. The highest BCUT2D eigenvalue weighted by atomic mass is 32.1. The van der Waals surface area contributed by atoms with Crippen LogP contribution < -0.4 is 4.90 Å². The van der Waals surface area contributed by atoms with E-state index in [1.165, 1.54) is 0 Å². The van der Waals surface area contributed by atoms with E-state index in [9.17, 15) is 0 Å². The molecule has 0 spiro atoms. The molecule has 0 aliphatic heterocycles. The molecule has 0 atom stereocenters. The molecule has 0 aliphatic rings. The first kappa shape index (κ1) is 12.7. The molecule has 0 unspecified atom stereocenters. The summed E-state index contributed by atoms with van der Waals surface area (Å²) in [5, 5.41) is 6.80. The zero-order valence-electron chi connectivity index (χ0n) is 11.1. The maximum Gasteiger partial charge on any atom is 0.259 e. The number of hydrogen-bond acceptors (Lipinski definition) is 7. The molecule has 0 N–H and O–H groups in total. The van der Waals surface area contributed by atoms with Gasteiger partial charge in [-0.05, 0) is 19.1 Å². The lowest BCUT2D eigenvalue weighted by atomic mass is 10.3. The Balaban J connectivity index is 1.75. The van der Waals surface area contributed by atoms with Crippen molar-refractivity contribution in [2.45, 2.75) is 13.5 Å². The molecule has 3 aromatic heterocycles. The molecule has 102 valence electrons. The molecule has 0 radical (unpaired) electrons. The van der Waals surface area contributed by atoms with Gasteiger partial charge in [0.15, 0.2) is 5.82 Å². The molecule has 0 amide bonds. The first-order chi connectivity index (χ1) is 9.72. The van der Waals surface area contributed by atoms with Crippen molar-refractivity contribution < 1.29 is 4.52 Å². The van der Waals surface area contributed by atoms with E-state index in [1.807, 2.05) is 35.7 Å². The number of pyridine rings is 1. The van der Waals surface area contributed by atoms with E-state index in [0.717, 1.165) is 22.9 Å². The molecule has 0 aromatic carbocycles. The Bertz CT molecular complexity index is 677. The number of rotatable bonds is 4. The normalized spacial score (nSPS) is 10.7. The third-order valence-electron chi connectivity index (χ3n) is 2.77. The van der Waals surface area contributed by atoms with Crippen LogP contribution in [0.25, 0.3) is 11.5 Å². The Morgan fingerprint density at radius 3 is 2.80 bits per heavy atom. The molecule has 0 fully saturated rings. The van der Waals surface area contributed by atoms with Gasteiger partial charge >= 0.3 is 0 Å². The number of thiazole rings is 1. The fraction of sp³-hybridized carbons (Fsp3) is 0.231. The van der Waals surface area contributed by atoms with Gasteiger partial charge in [0, 0.05) is 24.8 Å². The summed E-state index contributed by atoms with van der Waals surface area (Å²) in [6.45, 7) is 2.53. The topological polar surface area (TPSA) is 67.9 Å². The Kier molecular flexibility index (Phi) is 3.42. The average molecular weight is 287 g/mol. The first-order valence-electron chi connectivity index (χ1n) is 6.08. The standard InChI is InChI=1S/C13H13N5OS/c1-9-16-13(19-17-9)10-3-4-11(15-7-10)18(2)8-12-14-5-6-20-12/h3-7H,8H2,1-2H3. The maximum atomic E-state index is 5.11. The molecule has 0 saturated heterocycles. The number of hydrogen-bond donors (Lipinski definition) is 0. The highest BCUT2D eigenvalue weighted by Gasteiger charge is 2.09. The molecule has 0 bridgehead atoms. The van der Waals surface area contributed by atoms with Gasteiger partial charge < -0.3 is 9.42 Å². The number of aromatic nitrogens is 4. The van der Waals surface area contributed by atoms with E-state index in [4.69, 9.17) is 4.52 Å². The van der Waals surface area contributed by atoms with Gasteiger partial charge in [0.1, 0.15) is 10.8 Å². The summed E-state index contributed by atoms with van der Waals surface area (Å²) in [5.41, 5.74) is 0.817. The van der Waals surface area contributed by atoms with Gasteiger partial charge in [0.05, 0.1) is 12.1 Å². The minimum atomic E-state index is 0.490. The van der Waals surface area contributed by atoms with E-state index < -0.39 is 0 Å². The van der Waals surface area contributed by atoms with Crippen molar-refractivity contribution in [3.8, 4) is 11.5 Å². The number of anilines is 1. The molecular formula is C13H13N5OS. The van der Waals surface area contributed by atoms with E-state index in [2.05, 4.69) is 20.1 Å². The van der Waals surface area contributed by atoms with E-state index in [-0.39, 0.29) is 0 Å². The van der Waals surface area contributed by atoms with Crippen LogP contribution in [0, 0.1) is 6.92 Å². The van der Waals surface area contributed by atoms with Crippen molar-refractivity contribution in [1.29, 1.82) is 0 Å². The Labute approximate surface area is 120 Å². The van der Waals surface area contributed by atoms with Crippen LogP contribution in [0.15, 0.2) is 34.4 Å². The number of nitrogens with zero attached hydrogens (tertiary/aromatic N) is 5. The Hall–Kier alpha value is -2.28. The summed E-state index contributed by atoms with van der Waals surface area (Å²) in [7, 11) is 1.99. The molecule has 20 heavy (non-hydrogen) atoms. The second-order valence-electron chi connectivity index (χ2n) is 4.33. The second-order valence-corrected chi connectivity index (χ2v) is 5.31. The van der Waals surface area contributed by atoms with Crippen LogP contribution in [0.1, 0.15) is 10.8 Å². The predicted octanol–water partition coefficient (Wildman–Crippen LogP) is 2.53. The molecule has 3 heterocycles. The lowest BCUT2D eigenvalue weighted by Crippen LogP contribution is -2.17. The minimum absolute atomic E-state index is 0.490. The van der Waals surface area contributed by atoms with Crippen molar-refractivity contribution >= 4 is 17.2 Å². The average Bonchev–Trinajstić information content (AvgIpc) is 3.10. The lowest BCUT2D eigenvalue weighted by molar-refractivity contribution is 0.425. The molecule has 7 heteroatoms. The van der Waals surface area contributed by atoms with E-state index >= 15 is 0 Å². The van der Waals surface area contributed by atoms with Crippen molar-refractivity contribution in [3.63, 3.8) is 0 Å². The fourth-order valence-corrected chi connectivity index (χ4v) is 2.44. The summed E-state index contributed by atoms with van der Waals surface area (Å²) in [4.78, 5) is 14.9. The SMILES string of the molecule is Cc1noc(-c2ccc(N(C)Cc3nccs3)nc2)n1.